The minimum atomic E-state index is 0.0625. The van der Waals surface area contributed by atoms with Crippen LogP contribution in [-0.4, -0.2) is 36.1 Å². The molecule has 1 fully saturated rings. The molecule has 4 rings (SSSR count). The molecule has 3 aromatic heterocycles. The molecule has 7 nitrogen and oxygen atoms in total. The Bertz CT molecular complexity index is 861. The van der Waals surface area contributed by atoms with Gasteiger partial charge in [0.25, 0.3) is 0 Å². The van der Waals surface area contributed by atoms with Crippen molar-refractivity contribution in [1.29, 1.82) is 0 Å². The molecule has 1 aliphatic rings. The number of fused-ring (bicyclic) bond motifs is 1. The zero-order valence-corrected chi connectivity index (χ0v) is 14.3. The third-order valence-corrected chi connectivity index (χ3v) is 5.02. The summed E-state index contributed by atoms with van der Waals surface area (Å²) in [5.41, 5.74) is 2.95. The summed E-state index contributed by atoms with van der Waals surface area (Å²) < 4.78 is 3.93. The maximum Gasteiger partial charge on any atom is 0.226 e. The van der Waals surface area contributed by atoms with Crippen LogP contribution in [0.4, 0.5) is 0 Å². The van der Waals surface area contributed by atoms with Crippen molar-refractivity contribution in [2.24, 2.45) is 0 Å². The molecule has 0 aliphatic heterocycles. The normalized spacial score (nSPS) is 20.7. The molecule has 7 heteroatoms. The van der Waals surface area contributed by atoms with E-state index in [1.807, 2.05) is 34.3 Å². The quantitative estimate of drug-likeness (QED) is 0.790. The minimum Gasteiger partial charge on any atom is -0.353 e. The van der Waals surface area contributed by atoms with Crippen LogP contribution in [0.5, 0.6) is 0 Å². The summed E-state index contributed by atoms with van der Waals surface area (Å²) in [6.45, 7) is 2.03. The lowest BCUT2D eigenvalue weighted by atomic mass is 9.91. The van der Waals surface area contributed by atoms with Crippen molar-refractivity contribution in [1.82, 2.24) is 29.5 Å². The number of hydrogen-bond acceptors (Lipinski definition) is 4. The molecule has 0 spiro atoms. The van der Waals surface area contributed by atoms with E-state index in [1.165, 1.54) is 0 Å². The van der Waals surface area contributed by atoms with Crippen LogP contribution in [0.1, 0.15) is 43.0 Å². The Kier molecular flexibility index (Phi) is 4.21. The lowest BCUT2D eigenvalue weighted by Gasteiger charge is -2.29. The van der Waals surface area contributed by atoms with E-state index in [9.17, 15) is 4.79 Å². The van der Waals surface area contributed by atoms with E-state index < -0.39 is 0 Å². The molecule has 3 heterocycles. The standard InChI is InChI=1S/C18H22N6O/c1-13-3-2-8-23-16(10-20-18(13)23)9-17(25)22-14-4-6-15(7-5-14)24-12-19-11-21-24/h2-3,8,10-12,14-15H,4-7,9H2,1H3,(H,22,25). The molecule has 0 aromatic carbocycles. The third-order valence-electron chi connectivity index (χ3n) is 5.02. The first-order valence-corrected chi connectivity index (χ1v) is 8.76. The van der Waals surface area contributed by atoms with Crippen LogP contribution in [0.15, 0.2) is 37.2 Å². The number of rotatable bonds is 4. The van der Waals surface area contributed by atoms with E-state index in [0.717, 1.165) is 42.6 Å². The number of imidazole rings is 1. The molecule has 0 atom stereocenters. The summed E-state index contributed by atoms with van der Waals surface area (Å²) in [5.74, 6) is 0.0625. The molecule has 0 bridgehead atoms. The average molecular weight is 338 g/mol. The van der Waals surface area contributed by atoms with Gasteiger partial charge in [0.2, 0.25) is 5.91 Å². The zero-order chi connectivity index (χ0) is 17.2. The highest BCUT2D eigenvalue weighted by atomic mass is 16.1. The van der Waals surface area contributed by atoms with E-state index >= 15 is 0 Å². The van der Waals surface area contributed by atoms with Gasteiger partial charge in [-0.15, -0.1) is 0 Å². The number of aryl methyl sites for hydroxylation is 1. The van der Waals surface area contributed by atoms with Gasteiger partial charge >= 0.3 is 0 Å². The average Bonchev–Trinajstić information content (AvgIpc) is 3.27. The SMILES string of the molecule is Cc1cccn2c(CC(=O)NC3CCC(n4cncn4)CC3)cnc12. The molecule has 0 unspecified atom stereocenters. The summed E-state index contributed by atoms with van der Waals surface area (Å²) in [6.07, 6.45) is 11.4. The van der Waals surface area contributed by atoms with Crippen molar-refractivity contribution in [2.75, 3.05) is 0 Å². The smallest absolute Gasteiger partial charge is 0.226 e. The van der Waals surface area contributed by atoms with Crippen LogP contribution in [0, 0.1) is 6.92 Å². The summed E-state index contributed by atoms with van der Waals surface area (Å²) in [4.78, 5) is 20.9. The van der Waals surface area contributed by atoms with Gasteiger partial charge in [-0.05, 0) is 44.2 Å². The summed E-state index contributed by atoms with van der Waals surface area (Å²) in [5, 5.41) is 7.40. The first-order chi connectivity index (χ1) is 12.2. The van der Waals surface area contributed by atoms with Crippen LogP contribution < -0.4 is 5.32 Å². The number of carbonyl (C=O) groups excluding carboxylic acids is 1. The van der Waals surface area contributed by atoms with Crippen molar-refractivity contribution < 1.29 is 4.79 Å². The van der Waals surface area contributed by atoms with Gasteiger partial charge in [0.05, 0.1) is 18.2 Å². The van der Waals surface area contributed by atoms with Gasteiger partial charge in [-0.2, -0.15) is 5.10 Å². The van der Waals surface area contributed by atoms with Crippen molar-refractivity contribution in [2.45, 2.75) is 51.1 Å². The molecule has 1 aliphatic carbocycles. The Labute approximate surface area is 146 Å². The molecular formula is C18H22N6O. The number of carbonyl (C=O) groups is 1. The lowest BCUT2D eigenvalue weighted by molar-refractivity contribution is -0.121. The Morgan fingerprint density at radius 1 is 1.32 bits per heavy atom. The maximum atomic E-state index is 12.4. The van der Waals surface area contributed by atoms with Crippen LogP contribution >= 0.6 is 0 Å². The number of amides is 1. The molecule has 130 valence electrons. The molecule has 1 saturated carbocycles. The molecule has 0 radical (unpaired) electrons. The summed E-state index contributed by atoms with van der Waals surface area (Å²) in [6, 6.07) is 4.65. The number of pyridine rings is 1. The van der Waals surface area contributed by atoms with Gasteiger partial charge in [-0.1, -0.05) is 6.07 Å². The minimum absolute atomic E-state index is 0.0625. The lowest BCUT2D eigenvalue weighted by Crippen LogP contribution is -2.39. The van der Waals surface area contributed by atoms with E-state index in [1.54, 1.807) is 18.9 Å². The van der Waals surface area contributed by atoms with E-state index in [2.05, 4.69) is 20.4 Å². The highest BCUT2D eigenvalue weighted by Gasteiger charge is 2.24. The molecular weight excluding hydrogens is 316 g/mol. The Morgan fingerprint density at radius 2 is 2.16 bits per heavy atom. The summed E-state index contributed by atoms with van der Waals surface area (Å²) in [7, 11) is 0. The predicted octanol–water partition coefficient (Wildman–Crippen LogP) is 2.08. The van der Waals surface area contributed by atoms with Gasteiger partial charge in [-0.3, -0.25) is 4.79 Å². The highest BCUT2D eigenvalue weighted by molar-refractivity contribution is 5.78. The van der Waals surface area contributed by atoms with E-state index in [4.69, 9.17) is 0 Å². The molecule has 0 saturated heterocycles. The molecule has 3 aromatic rings. The van der Waals surface area contributed by atoms with Gasteiger partial charge < -0.3 is 9.72 Å². The van der Waals surface area contributed by atoms with Crippen molar-refractivity contribution in [3.8, 4) is 0 Å². The third kappa shape index (κ3) is 3.26. The second kappa shape index (κ2) is 6.66. The highest BCUT2D eigenvalue weighted by Crippen LogP contribution is 2.27. The first-order valence-electron chi connectivity index (χ1n) is 8.76. The second-order valence-corrected chi connectivity index (χ2v) is 6.76. The summed E-state index contributed by atoms with van der Waals surface area (Å²) >= 11 is 0. The monoisotopic (exact) mass is 338 g/mol. The van der Waals surface area contributed by atoms with Gasteiger partial charge in [0.15, 0.2) is 0 Å². The van der Waals surface area contributed by atoms with Crippen molar-refractivity contribution in [3.05, 3.63) is 48.4 Å². The van der Waals surface area contributed by atoms with E-state index in [0.29, 0.717) is 12.5 Å². The second-order valence-electron chi connectivity index (χ2n) is 6.76. The Hall–Kier alpha value is -2.70. The first kappa shape index (κ1) is 15.8. The van der Waals surface area contributed by atoms with Gasteiger partial charge in [0, 0.05) is 18.4 Å². The van der Waals surface area contributed by atoms with Crippen molar-refractivity contribution in [3.63, 3.8) is 0 Å². The van der Waals surface area contributed by atoms with E-state index in [-0.39, 0.29) is 11.9 Å². The molecule has 1 N–H and O–H groups in total. The zero-order valence-electron chi connectivity index (χ0n) is 14.3. The van der Waals surface area contributed by atoms with Crippen LogP contribution in [0.2, 0.25) is 0 Å². The fourth-order valence-corrected chi connectivity index (χ4v) is 3.67. The fraction of sp³-hybridized carbons (Fsp3) is 0.444. The van der Waals surface area contributed by atoms with Crippen LogP contribution in [0.25, 0.3) is 5.65 Å². The largest absolute Gasteiger partial charge is 0.353 e. The molecule has 1 amide bonds. The maximum absolute atomic E-state index is 12.4. The van der Waals surface area contributed by atoms with Gasteiger partial charge in [-0.25, -0.2) is 14.6 Å². The Balaban J connectivity index is 1.34. The fourth-order valence-electron chi connectivity index (χ4n) is 3.67. The Morgan fingerprint density at radius 3 is 2.92 bits per heavy atom. The van der Waals surface area contributed by atoms with Crippen molar-refractivity contribution >= 4 is 11.6 Å². The number of aromatic nitrogens is 5. The molecule has 25 heavy (non-hydrogen) atoms. The number of hydrogen-bond donors (Lipinski definition) is 1. The van der Waals surface area contributed by atoms with Gasteiger partial charge in [0.1, 0.15) is 18.3 Å². The topological polar surface area (TPSA) is 77.1 Å². The van der Waals surface area contributed by atoms with Crippen LogP contribution in [-0.2, 0) is 11.2 Å². The van der Waals surface area contributed by atoms with Crippen LogP contribution in [0.3, 0.4) is 0 Å². The predicted molar refractivity (Wildman–Crippen MR) is 93.1 cm³/mol. The number of nitrogens with zero attached hydrogens (tertiary/aromatic N) is 5. The number of nitrogens with one attached hydrogen (secondary N) is 1.